The van der Waals surface area contributed by atoms with Crippen molar-refractivity contribution in [2.24, 2.45) is 0 Å². The second-order valence-corrected chi connectivity index (χ2v) is 5.01. The molecule has 1 aromatic heterocycles. The summed E-state index contributed by atoms with van der Waals surface area (Å²) in [6.45, 7) is 4.01. The van der Waals surface area contributed by atoms with E-state index < -0.39 is 0 Å². The summed E-state index contributed by atoms with van der Waals surface area (Å²) in [4.78, 5) is 12.3. The highest BCUT2D eigenvalue weighted by atomic mass is 16.1. The standard InChI is InChI=1S/C16H15N5O/c1-10-4-3-5-14(11(10)2)17-16(22)13-8-6-12(7-9-13)15-18-20-21-19-15/h3-9H,1-2H3,(H,17,22)(H,18,19,20,21). The van der Waals surface area contributed by atoms with Crippen molar-refractivity contribution in [3.05, 3.63) is 59.2 Å². The minimum absolute atomic E-state index is 0.145. The van der Waals surface area contributed by atoms with E-state index in [1.54, 1.807) is 24.3 Å². The molecule has 0 radical (unpaired) electrons. The van der Waals surface area contributed by atoms with Crippen LogP contribution in [0.15, 0.2) is 42.5 Å². The summed E-state index contributed by atoms with van der Waals surface area (Å²) >= 11 is 0. The van der Waals surface area contributed by atoms with E-state index >= 15 is 0 Å². The predicted molar refractivity (Wildman–Crippen MR) is 83.5 cm³/mol. The lowest BCUT2D eigenvalue weighted by Crippen LogP contribution is -2.12. The number of amides is 1. The highest BCUT2D eigenvalue weighted by Crippen LogP contribution is 2.20. The van der Waals surface area contributed by atoms with E-state index in [0.29, 0.717) is 11.4 Å². The van der Waals surface area contributed by atoms with Gasteiger partial charge in [0.2, 0.25) is 5.82 Å². The number of aromatic nitrogens is 4. The van der Waals surface area contributed by atoms with E-state index in [0.717, 1.165) is 22.4 Å². The number of aryl methyl sites for hydroxylation is 1. The topological polar surface area (TPSA) is 83.6 Å². The maximum atomic E-state index is 12.3. The predicted octanol–water partition coefficient (Wildman–Crippen LogP) is 2.74. The lowest BCUT2D eigenvalue weighted by atomic mass is 10.1. The monoisotopic (exact) mass is 293 g/mol. The van der Waals surface area contributed by atoms with Crippen LogP contribution in [0.5, 0.6) is 0 Å². The number of rotatable bonds is 3. The van der Waals surface area contributed by atoms with Gasteiger partial charge in [0.25, 0.3) is 5.91 Å². The summed E-state index contributed by atoms with van der Waals surface area (Å²) in [5.41, 5.74) is 4.42. The molecule has 1 amide bonds. The Balaban J connectivity index is 1.79. The van der Waals surface area contributed by atoms with Gasteiger partial charge in [-0.3, -0.25) is 4.79 Å². The first-order valence-electron chi connectivity index (χ1n) is 6.86. The van der Waals surface area contributed by atoms with Crippen LogP contribution in [0.4, 0.5) is 5.69 Å². The van der Waals surface area contributed by atoms with E-state index in [4.69, 9.17) is 0 Å². The highest BCUT2D eigenvalue weighted by molar-refractivity contribution is 6.04. The fourth-order valence-electron chi connectivity index (χ4n) is 2.14. The minimum Gasteiger partial charge on any atom is -0.322 e. The summed E-state index contributed by atoms with van der Waals surface area (Å²) < 4.78 is 0. The molecule has 0 fully saturated rings. The number of benzene rings is 2. The Morgan fingerprint density at radius 3 is 2.55 bits per heavy atom. The normalized spacial score (nSPS) is 10.5. The smallest absolute Gasteiger partial charge is 0.255 e. The molecule has 0 saturated heterocycles. The van der Waals surface area contributed by atoms with Crippen LogP contribution >= 0.6 is 0 Å². The fraction of sp³-hybridized carbons (Fsp3) is 0.125. The number of tetrazole rings is 1. The second kappa shape index (κ2) is 5.77. The Kier molecular flexibility index (Phi) is 3.65. The molecule has 0 atom stereocenters. The number of carbonyl (C=O) groups is 1. The molecule has 3 rings (SSSR count). The molecule has 6 heteroatoms. The van der Waals surface area contributed by atoms with Crippen molar-refractivity contribution in [2.75, 3.05) is 5.32 Å². The van der Waals surface area contributed by atoms with Crippen LogP contribution in [0, 0.1) is 13.8 Å². The first-order valence-corrected chi connectivity index (χ1v) is 6.86. The van der Waals surface area contributed by atoms with Gasteiger partial charge >= 0.3 is 0 Å². The van der Waals surface area contributed by atoms with Gasteiger partial charge in [-0.1, -0.05) is 24.3 Å². The van der Waals surface area contributed by atoms with Crippen molar-refractivity contribution in [3.63, 3.8) is 0 Å². The van der Waals surface area contributed by atoms with Gasteiger partial charge in [-0.25, -0.2) is 0 Å². The van der Waals surface area contributed by atoms with Crippen LogP contribution in [-0.2, 0) is 0 Å². The van der Waals surface area contributed by atoms with Gasteiger partial charge in [0.15, 0.2) is 0 Å². The summed E-state index contributed by atoms with van der Waals surface area (Å²) in [5, 5.41) is 16.7. The van der Waals surface area contributed by atoms with Crippen molar-refractivity contribution < 1.29 is 4.79 Å². The molecular formula is C16H15N5O. The van der Waals surface area contributed by atoms with Crippen LogP contribution in [-0.4, -0.2) is 26.5 Å². The van der Waals surface area contributed by atoms with Crippen LogP contribution in [0.1, 0.15) is 21.5 Å². The molecule has 0 aliphatic rings. The molecular weight excluding hydrogens is 278 g/mol. The van der Waals surface area contributed by atoms with Gasteiger partial charge in [-0.2, -0.15) is 5.21 Å². The number of aromatic amines is 1. The van der Waals surface area contributed by atoms with Gasteiger partial charge in [0.05, 0.1) is 0 Å². The number of nitrogens with zero attached hydrogens (tertiary/aromatic N) is 3. The fourth-order valence-corrected chi connectivity index (χ4v) is 2.14. The molecule has 6 nitrogen and oxygen atoms in total. The van der Waals surface area contributed by atoms with Crippen molar-refractivity contribution in [1.29, 1.82) is 0 Å². The first kappa shape index (κ1) is 13.9. The number of carbonyl (C=O) groups excluding carboxylic acids is 1. The molecule has 0 saturated carbocycles. The summed E-state index contributed by atoms with van der Waals surface area (Å²) in [6.07, 6.45) is 0. The average Bonchev–Trinajstić information content (AvgIpc) is 3.06. The van der Waals surface area contributed by atoms with Crippen LogP contribution in [0.25, 0.3) is 11.4 Å². The van der Waals surface area contributed by atoms with Crippen LogP contribution < -0.4 is 5.32 Å². The van der Waals surface area contributed by atoms with Gasteiger partial charge in [-0.15, -0.1) is 10.2 Å². The Morgan fingerprint density at radius 2 is 1.86 bits per heavy atom. The van der Waals surface area contributed by atoms with Crippen molar-refractivity contribution in [1.82, 2.24) is 20.6 Å². The third-order valence-electron chi connectivity index (χ3n) is 3.60. The maximum Gasteiger partial charge on any atom is 0.255 e. The van der Waals surface area contributed by atoms with Gasteiger partial charge in [0.1, 0.15) is 0 Å². The number of anilines is 1. The lowest BCUT2D eigenvalue weighted by Gasteiger charge is -2.10. The zero-order valence-corrected chi connectivity index (χ0v) is 12.3. The van der Waals surface area contributed by atoms with E-state index in [-0.39, 0.29) is 5.91 Å². The molecule has 110 valence electrons. The summed E-state index contributed by atoms with van der Waals surface area (Å²) in [7, 11) is 0. The lowest BCUT2D eigenvalue weighted by molar-refractivity contribution is 0.102. The molecule has 2 N–H and O–H groups in total. The highest BCUT2D eigenvalue weighted by Gasteiger charge is 2.09. The average molecular weight is 293 g/mol. The third-order valence-corrected chi connectivity index (χ3v) is 3.60. The quantitative estimate of drug-likeness (QED) is 0.777. The zero-order chi connectivity index (χ0) is 15.5. The number of nitrogens with one attached hydrogen (secondary N) is 2. The Labute approximate surface area is 127 Å². The SMILES string of the molecule is Cc1cccc(NC(=O)c2ccc(-c3nn[nH]n3)cc2)c1C. The minimum atomic E-state index is -0.145. The van der Waals surface area contributed by atoms with Crippen LogP contribution in [0.2, 0.25) is 0 Å². The second-order valence-electron chi connectivity index (χ2n) is 5.01. The van der Waals surface area contributed by atoms with Crippen molar-refractivity contribution >= 4 is 11.6 Å². The number of H-pyrrole nitrogens is 1. The van der Waals surface area contributed by atoms with E-state index in [1.807, 2.05) is 32.0 Å². The zero-order valence-electron chi connectivity index (χ0n) is 12.3. The van der Waals surface area contributed by atoms with Crippen LogP contribution in [0.3, 0.4) is 0 Å². The molecule has 0 aliphatic heterocycles. The molecule has 0 aliphatic carbocycles. The third kappa shape index (κ3) is 2.71. The molecule has 3 aromatic rings. The van der Waals surface area contributed by atoms with Crippen molar-refractivity contribution in [3.8, 4) is 11.4 Å². The maximum absolute atomic E-state index is 12.3. The van der Waals surface area contributed by atoms with E-state index in [9.17, 15) is 4.79 Å². The van der Waals surface area contributed by atoms with Gasteiger partial charge in [-0.05, 0) is 48.4 Å². The molecule has 0 bridgehead atoms. The Bertz CT molecular complexity index is 794. The van der Waals surface area contributed by atoms with E-state index in [1.165, 1.54) is 0 Å². The first-order chi connectivity index (χ1) is 10.6. The molecule has 0 unspecified atom stereocenters. The largest absolute Gasteiger partial charge is 0.322 e. The molecule has 2 aromatic carbocycles. The Hall–Kier alpha value is -3.02. The summed E-state index contributed by atoms with van der Waals surface area (Å²) in [5.74, 6) is 0.356. The van der Waals surface area contributed by atoms with Gasteiger partial charge < -0.3 is 5.32 Å². The molecule has 1 heterocycles. The van der Waals surface area contributed by atoms with Gasteiger partial charge in [0, 0.05) is 16.8 Å². The molecule has 0 spiro atoms. The van der Waals surface area contributed by atoms with Crippen molar-refractivity contribution in [2.45, 2.75) is 13.8 Å². The Morgan fingerprint density at radius 1 is 1.09 bits per heavy atom. The number of hydrogen-bond acceptors (Lipinski definition) is 4. The molecule has 22 heavy (non-hydrogen) atoms. The summed E-state index contributed by atoms with van der Waals surface area (Å²) in [6, 6.07) is 12.9. The van der Waals surface area contributed by atoms with E-state index in [2.05, 4.69) is 25.9 Å². The number of hydrogen-bond donors (Lipinski definition) is 2.